The van der Waals surface area contributed by atoms with E-state index in [9.17, 15) is 9.18 Å². The number of morpholine rings is 1. The predicted octanol–water partition coefficient (Wildman–Crippen LogP) is 4.49. The van der Waals surface area contributed by atoms with E-state index < -0.39 is 5.82 Å². The number of rotatable bonds is 8. The molecule has 2 aromatic carbocycles. The Morgan fingerprint density at radius 3 is 2.59 bits per heavy atom. The zero-order valence-electron chi connectivity index (χ0n) is 21.7. The van der Waals surface area contributed by atoms with Gasteiger partial charge in [0.1, 0.15) is 30.7 Å². The Morgan fingerprint density at radius 1 is 1.08 bits per heavy atom. The number of urea groups is 1. The van der Waals surface area contributed by atoms with Gasteiger partial charge in [0.15, 0.2) is 11.5 Å². The van der Waals surface area contributed by atoms with Gasteiger partial charge < -0.3 is 34.1 Å². The van der Waals surface area contributed by atoms with E-state index in [1.165, 1.54) is 18.5 Å². The number of ether oxygens (including phenoxy) is 4. The highest BCUT2D eigenvalue weighted by atomic mass is 35.5. The van der Waals surface area contributed by atoms with Gasteiger partial charge in [-0.2, -0.15) is 0 Å². The number of likely N-dealkylation sites (tertiary alicyclic amines) is 1. The van der Waals surface area contributed by atoms with Gasteiger partial charge in [0.2, 0.25) is 0 Å². The van der Waals surface area contributed by atoms with Gasteiger partial charge in [0.25, 0.3) is 0 Å². The molecule has 3 heterocycles. The summed E-state index contributed by atoms with van der Waals surface area (Å²) >= 11 is 5.96. The van der Waals surface area contributed by atoms with Crippen LogP contribution in [0.3, 0.4) is 0 Å². The highest BCUT2D eigenvalue weighted by Crippen LogP contribution is 2.37. The third-order valence-electron chi connectivity index (χ3n) is 6.72. The molecular formula is C27H31ClFN5O5. The minimum atomic E-state index is -0.499. The molecule has 3 aromatic rings. The summed E-state index contributed by atoms with van der Waals surface area (Å²) < 4.78 is 36.6. The number of aromatic nitrogens is 2. The number of fused-ring (bicyclic) bond motifs is 1. The molecule has 0 aliphatic carbocycles. The fourth-order valence-electron chi connectivity index (χ4n) is 4.61. The zero-order chi connectivity index (χ0) is 27.2. The van der Waals surface area contributed by atoms with Crippen molar-refractivity contribution in [1.29, 1.82) is 0 Å². The van der Waals surface area contributed by atoms with Crippen LogP contribution in [-0.2, 0) is 9.47 Å². The quantitative estimate of drug-likeness (QED) is 0.403. The number of amides is 2. The first-order valence-electron chi connectivity index (χ1n) is 12.9. The molecule has 2 amide bonds. The van der Waals surface area contributed by atoms with Crippen LogP contribution < -0.4 is 14.8 Å². The van der Waals surface area contributed by atoms with Crippen molar-refractivity contribution in [2.24, 2.45) is 0 Å². The molecule has 10 nitrogen and oxygen atoms in total. The third kappa shape index (κ3) is 6.60. The van der Waals surface area contributed by atoms with E-state index in [-0.39, 0.29) is 17.2 Å². The molecular weight excluding hydrogens is 529 g/mol. The summed E-state index contributed by atoms with van der Waals surface area (Å²) in [7, 11) is 1.61. The van der Waals surface area contributed by atoms with Gasteiger partial charge >= 0.3 is 6.03 Å². The fraction of sp³-hybridized carbons (Fsp3) is 0.444. The first kappa shape index (κ1) is 27.2. The van der Waals surface area contributed by atoms with Crippen LogP contribution in [0.2, 0.25) is 5.02 Å². The summed E-state index contributed by atoms with van der Waals surface area (Å²) in [4.78, 5) is 25.4. The normalized spacial score (nSPS) is 16.4. The number of hydrogen-bond donors (Lipinski definition) is 1. The van der Waals surface area contributed by atoms with Gasteiger partial charge in [-0.25, -0.2) is 19.2 Å². The van der Waals surface area contributed by atoms with Crippen molar-refractivity contribution >= 4 is 40.0 Å². The Hall–Kier alpha value is -3.41. The Bertz CT molecular complexity index is 1300. The minimum Gasteiger partial charge on any atom is -0.487 e. The maximum Gasteiger partial charge on any atom is 0.320 e. The van der Waals surface area contributed by atoms with Crippen molar-refractivity contribution in [3.63, 3.8) is 0 Å². The van der Waals surface area contributed by atoms with Crippen molar-refractivity contribution in [3.05, 3.63) is 47.5 Å². The van der Waals surface area contributed by atoms with E-state index in [2.05, 4.69) is 15.3 Å². The Balaban J connectivity index is 1.34. The summed E-state index contributed by atoms with van der Waals surface area (Å²) in [6.45, 7) is 4.37. The SMILES string of the molecule is COCCOc1cc2ncnc(Nc3ccc(F)c(Cl)c3)c2cc1OC1CCN(C(=O)N2CCOCC2)CC1. The molecule has 2 aliphatic heterocycles. The number of carbonyl (C=O) groups excluding carboxylic acids is 1. The van der Waals surface area contributed by atoms with Gasteiger partial charge in [-0.3, -0.25) is 0 Å². The Kier molecular flexibility index (Phi) is 8.80. The molecule has 1 N–H and O–H groups in total. The molecule has 12 heteroatoms. The number of piperidine rings is 1. The van der Waals surface area contributed by atoms with Crippen LogP contribution in [0, 0.1) is 5.82 Å². The van der Waals surface area contributed by atoms with Crippen molar-refractivity contribution in [1.82, 2.24) is 19.8 Å². The van der Waals surface area contributed by atoms with Gasteiger partial charge in [-0.05, 0) is 24.3 Å². The molecule has 0 radical (unpaired) electrons. The third-order valence-corrected chi connectivity index (χ3v) is 7.01. The number of methoxy groups -OCH3 is 1. The summed E-state index contributed by atoms with van der Waals surface area (Å²) in [5.74, 6) is 1.11. The largest absolute Gasteiger partial charge is 0.487 e. The second-order valence-corrected chi connectivity index (χ2v) is 9.73. The fourth-order valence-corrected chi connectivity index (χ4v) is 4.79. The highest BCUT2D eigenvalue weighted by molar-refractivity contribution is 6.31. The molecule has 39 heavy (non-hydrogen) atoms. The smallest absolute Gasteiger partial charge is 0.320 e. The van der Waals surface area contributed by atoms with E-state index in [1.807, 2.05) is 21.9 Å². The van der Waals surface area contributed by atoms with Crippen molar-refractivity contribution in [2.45, 2.75) is 18.9 Å². The monoisotopic (exact) mass is 559 g/mol. The molecule has 0 spiro atoms. The Morgan fingerprint density at radius 2 is 1.85 bits per heavy atom. The minimum absolute atomic E-state index is 0.00894. The van der Waals surface area contributed by atoms with Gasteiger partial charge in [-0.15, -0.1) is 0 Å². The van der Waals surface area contributed by atoms with Crippen LogP contribution in [0.4, 0.5) is 20.7 Å². The molecule has 0 unspecified atom stereocenters. The average Bonchev–Trinajstić information content (AvgIpc) is 2.96. The van der Waals surface area contributed by atoms with E-state index >= 15 is 0 Å². The van der Waals surface area contributed by atoms with Gasteiger partial charge in [0.05, 0.1) is 30.4 Å². The lowest BCUT2D eigenvalue weighted by molar-refractivity contribution is 0.0357. The molecule has 2 aliphatic rings. The zero-order valence-corrected chi connectivity index (χ0v) is 22.5. The maximum atomic E-state index is 13.6. The number of carbonyl (C=O) groups is 1. The lowest BCUT2D eigenvalue weighted by Crippen LogP contribution is -2.51. The maximum absolute atomic E-state index is 13.6. The molecule has 5 rings (SSSR count). The standard InChI is InChI=1S/C27H31ClFN5O5/c1-36-12-13-38-24-16-23-20(26(31-17-30-23)32-18-2-3-22(29)21(28)14-18)15-25(24)39-19-4-6-33(7-5-19)27(35)34-8-10-37-11-9-34/h2-3,14-17,19H,4-13H2,1H3,(H,30,31,32). The lowest BCUT2D eigenvalue weighted by atomic mass is 10.1. The van der Waals surface area contributed by atoms with E-state index in [0.717, 1.165) is 0 Å². The molecule has 0 saturated carbocycles. The van der Waals surface area contributed by atoms with Crippen LogP contribution in [0.1, 0.15) is 12.8 Å². The molecule has 1 aromatic heterocycles. The number of nitrogens with one attached hydrogen (secondary N) is 1. The van der Waals surface area contributed by atoms with E-state index in [1.54, 1.807) is 13.2 Å². The summed E-state index contributed by atoms with van der Waals surface area (Å²) in [5.41, 5.74) is 1.23. The van der Waals surface area contributed by atoms with Gasteiger partial charge in [0, 0.05) is 63.3 Å². The van der Waals surface area contributed by atoms with Crippen LogP contribution in [-0.4, -0.2) is 91.6 Å². The lowest BCUT2D eigenvalue weighted by Gasteiger charge is -2.37. The first-order valence-corrected chi connectivity index (χ1v) is 13.3. The van der Waals surface area contributed by atoms with Crippen LogP contribution in [0.15, 0.2) is 36.7 Å². The highest BCUT2D eigenvalue weighted by Gasteiger charge is 2.28. The number of benzene rings is 2. The number of anilines is 2. The predicted molar refractivity (Wildman–Crippen MR) is 145 cm³/mol. The topological polar surface area (TPSA) is 98.3 Å². The summed E-state index contributed by atoms with van der Waals surface area (Å²) in [5, 5.41) is 3.90. The van der Waals surface area contributed by atoms with Crippen LogP contribution in [0.5, 0.6) is 11.5 Å². The van der Waals surface area contributed by atoms with Crippen LogP contribution in [0.25, 0.3) is 10.9 Å². The molecule has 2 fully saturated rings. The van der Waals surface area contributed by atoms with Crippen molar-refractivity contribution in [3.8, 4) is 11.5 Å². The number of nitrogens with zero attached hydrogens (tertiary/aromatic N) is 4. The average molecular weight is 560 g/mol. The van der Waals surface area contributed by atoms with E-state index in [4.69, 9.17) is 30.5 Å². The van der Waals surface area contributed by atoms with Crippen molar-refractivity contribution < 1.29 is 28.1 Å². The van der Waals surface area contributed by atoms with Crippen LogP contribution >= 0.6 is 11.6 Å². The van der Waals surface area contributed by atoms with E-state index in [0.29, 0.717) is 99.4 Å². The molecule has 0 atom stereocenters. The molecule has 2 saturated heterocycles. The molecule has 208 valence electrons. The summed E-state index contributed by atoms with van der Waals surface area (Å²) in [6.07, 6.45) is 2.72. The number of hydrogen-bond acceptors (Lipinski definition) is 8. The number of halogens is 2. The van der Waals surface area contributed by atoms with Gasteiger partial charge in [-0.1, -0.05) is 11.6 Å². The second-order valence-electron chi connectivity index (χ2n) is 9.32. The first-order chi connectivity index (χ1) is 19.0. The second kappa shape index (κ2) is 12.6. The molecule has 0 bridgehead atoms. The Labute approximate surface area is 230 Å². The summed E-state index contributed by atoms with van der Waals surface area (Å²) in [6, 6.07) is 8.08. The van der Waals surface area contributed by atoms with Crippen molar-refractivity contribution in [2.75, 3.05) is 65.0 Å².